The van der Waals surface area contributed by atoms with Gasteiger partial charge >= 0.3 is 0 Å². The van der Waals surface area contributed by atoms with Crippen LogP contribution < -0.4 is 5.32 Å². The lowest BCUT2D eigenvalue weighted by atomic mass is 9.87. The van der Waals surface area contributed by atoms with Crippen molar-refractivity contribution in [1.29, 1.82) is 0 Å². The van der Waals surface area contributed by atoms with E-state index in [2.05, 4.69) is 39.2 Å². The minimum atomic E-state index is -1.59. The molecule has 0 radical (unpaired) electrons. The van der Waals surface area contributed by atoms with Crippen LogP contribution in [0.2, 0.25) is 18.1 Å². The Labute approximate surface area is 120 Å². The van der Waals surface area contributed by atoms with E-state index < -0.39 is 8.32 Å². The van der Waals surface area contributed by atoms with E-state index in [1.54, 1.807) is 0 Å². The zero-order chi connectivity index (χ0) is 14.5. The van der Waals surface area contributed by atoms with Gasteiger partial charge in [-0.3, -0.25) is 0 Å². The van der Waals surface area contributed by atoms with Crippen LogP contribution >= 0.6 is 0 Å². The lowest BCUT2D eigenvalue weighted by Crippen LogP contribution is -2.45. The normalized spacial score (nSPS) is 25.6. The highest BCUT2D eigenvalue weighted by Gasteiger charge is 2.39. The molecular weight excluding hydrogens is 254 g/mol. The van der Waals surface area contributed by atoms with Gasteiger partial charge in [0.1, 0.15) is 0 Å². The fourth-order valence-corrected chi connectivity index (χ4v) is 3.86. The van der Waals surface area contributed by atoms with Gasteiger partial charge in [0, 0.05) is 12.6 Å². The highest BCUT2D eigenvalue weighted by molar-refractivity contribution is 6.74. The summed E-state index contributed by atoms with van der Waals surface area (Å²) in [7, 11) is -1.59. The Morgan fingerprint density at radius 2 is 1.74 bits per heavy atom. The zero-order valence-electron chi connectivity index (χ0n) is 13.5. The number of nitrogens with one attached hydrogen (secondary N) is 1. The van der Waals surface area contributed by atoms with E-state index in [0.717, 1.165) is 19.0 Å². The van der Waals surface area contributed by atoms with Gasteiger partial charge in [-0.05, 0) is 56.3 Å². The van der Waals surface area contributed by atoms with Gasteiger partial charge < -0.3 is 14.8 Å². The summed E-state index contributed by atoms with van der Waals surface area (Å²) >= 11 is 0. The molecule has 4 heteroatoms. The summed E-state index contributed by atoms with van der Waals surface area (Å²) < 4.78 is 6.50. The minimum Gasteiger partial charge on any atom is -0.414 e. The molecule has 1 aliphatic carbocycles. The summed E-state index contributed by atoms with van der Waals surface area (Å²) in [4.78, 5) is 0. The molecule has 0 unspecified atom stereocenters. The average molecular weight is 288 g/mol. The predicted octanol–water partition coefficient (Wildman–Crippen LogP) is 3.15. The molecular formula is C15H33NO2Si. The highest BCUT2D eigenvalue weighted by Crippen LogP contribution is 2.39. The van der Waals surface area contributed by atoms with Crippen molar-refractivity contribution in [2.75, 3.05) is 19.7 Å². The molecule has 2 N–H and O–H groups in total. The smallest absolute Gasteiger partial charge is 0.192 e. The third kappa shape index (κ3) is 5.54. The summed E-state index contributed by atoms with van der Waals surface area (Å²) in [6.07, 6.45) is 5.42. The molecule has 0 aromatic carbocycles. The molecule has 114 valence electrons. The van der Waals surface area contributed by atoms with Crippen molar-refractivity contribution >= 4 is 8.32 Å². The van der Waals surface area contributed by atoms with Crippen molar-refractivity contribution in [3.63, 3.8) is 0 Å². The van der Waals surface area contributed by atoms with E-state index in [0.29, 0.717) is 11.1 Å². The molecule has 0 atom stereocenters. The summed E-state index contributed by atoms with van der Waals surface area (Å²) in [6, 6.07) is 0. The molecule has 0 saturated heterocycles. The Morgan fingerprint density at radius 3 is 2.21 bits per heavy atom. The molecule has 0 amide bonds. The Kier molecular flexibility index (Phi) is 6.50. The maximum atomic E-state index is 8.76. The highest BCUT2D eigenvalue weighted by atomic mass is 28.4. The van der Waals surface area contributed by atoms with Gasteiger partial charge in [-0.15, -0.1) is 0 Å². The van der Waals surface area contributed by atoms with Crippen molar-refractivity contribution in [2.24, 2.45) is 5.92 Å². The van der Waals surface area contributed by atoms with Crippen LogP contribution in [-0.4, -0.2) is 39.2 Å². The SMILES string of the molecule is CC(C)(C)[Si](C)(C)OC1CCC(CNCCO)CC1. The molecule has 1 aliphatic rings. The van der Waals surface area contributed by atoms with Crippen LogP contribution in [0.25, 0.3) is 0 Å². The first-order valence-electron chi connectivity index (χ1n) is 7.75. The predicted molar refractivity (Wildman–Crippen MR) is 84.0 cm³/mol. The van der Waals surface area contributed by atoms with E-state index in [1.165, 1.54) is 25.7 Å². The van der Waals surface area contributed by atoms with Crippen LogP contribution in [-0.2, 0) is 4.43 Å². The van der Waals surface area contributed by atoms with Gasteiger partial charge in [-0.2, -0.15) is 0 Å². The largest absolute Gasteiger partial charge is 0.414 e. The van der Waals surface area contributed by atoms with Gasteiger partial charge in [0.25, 0.3) is 0 Å². The molecule has 0 aliphatic heterocycles. The number of aliphatic hydroxyl groups is 1. The van der Waals surface area contributed by atoms with Gasteiger partial charge in [0.2, 0.25) is 0 Å². The van der Waals surface area contributed by atoms with E-state index in [4.69, 9.17) is 9.53 Å². The molecule has 0 bridgehead atoms. The second-order valence-electron chi connectivity index (χ2n) is 7.45. The van der Waals surface area contributed by atoms with Crippen LogP contribution in [0.4, 0.5) is 0 Å². The molecule has 19 heavy (non-hydrogen) atoms. The first kappa shape index (κ1) is 17.1. The lowest BCUT2D eigenvalue weighted by Gasteiger charge is -2.41. The number of hydrogen-bond donors (Lipinski definition) is 2. The Bertz CT molecular complexity index is 255. The van der Waals surface area contributed by atoms with Crippen LogP contribution in [0.5, 0.6) is 0 Å². The lowest BCUT2D eigenvalue weighted by molar-refractivity contribution is 0.115. The topological polar surface area (TPSA) is 41.5 Å². The first-order chi connectivity index (χ1) is 8.76. The standard InChI is InChI=1S/C15H33NO2Si/c1-15(2,3)19(4,5)18-14-8-6-13(7-9-14)12-16-10-11-17/h13-14,16-17H,6-12H2,1-5H3. The number of hydrogen-bond acceptors (Lipinski definition) is 3. The maximum Gasteiger partial charge on any atom is 0.192 e. The van der Waals surface area contributed by atoms with Crippen molar-refractivity contribution in [2.45, 2.75) is 70.7 Å². The van der Waals surface area contributed by atoms with Gasteiger partial charge in [-0.1, -0.05) is 20.8 Å². The summed E-state index contributed by atoms with van der Waals surface area (Å²) in [5, 5.41) is 12.4. The number of rotatable bonds is 6. The van der Waals surface area contributed by atoms with Crippen molar-refractivity contribution in [1.82, 2.24) is 5.32 Å². The molecule has 0 aromatic rings. The Morgan fingerprint density at radius 1 is 1.16 bits per heavy atom. The van der Waals surface area contributed by atoms with Gasteiger partial charge in [-0.25, -0.2) is 0 Å². The maximum absolute atomic E-state index is 8.76. The molecule has 1 fully saturated rings. The van der Waals surface area contributed by atoms with E-state index >= 15 is 0 Å². The van der Waals surface area contributed by atoms with E-state index in [1.807, 2.05) is 0 Å². The Balaban J connectivity index is 2.30. The monoisotopic (exact) mass is 287 g/mol. The molecule has 3 nitrogen and oxygen atoms in total. The molecule has 0 heterocycles. The summed E-state index contributed by atoms with van der Waals surface area (Å²) in [6.45, 7) is 13.6. The quantitative estimate of drug-likeness (QED) is 0.582. The van der Waals surface area contributed by atoms with Gasteiger partial charge in [0.05, 0.1) is 6.61 Å². The second-order valence-corrected chi connectivity index (χ2v) is 12.2. The molecule has 1 saturated carbocycles. The fraction of sp³-hybridized carbons (Fsp3) is 1.00. The van der Waals surface area contributed by atoms with Crippen molar-refractivity contribution < 1.29 is 9.53 Å². The third-order valence-electron chi connectivity index (χ3n) is 4.78. The zero-order valence-corrected chi connectivity index (χ0v) is 14.5. The van der Waals surface area contributed by atoms with Crippen LogP contribution in [0, 0.1) is 5.92 Å². The van der Waals surface area contributed by atoms with Crippen LogP contribution in [0.1, 0.15) is 46.5 Å². The summed E-state index contributed by atoms with van der Waals surface area (Å²) in [5.41, 5.74) is 0. The molecule has 0 aromatic heterocycles. The van der Waals surface area contributed by atoms with Crippen LogP contribution in [0.15, 0.2) is 0 Å². The van der Waals surface area contributed by atoms with Gasteiger partial charge in [0.15, 0.2) is 8.32 Å². The van der Waals surface area contributed by atoms with Crippen LogP contribution in [0.3, 0.4) is 0 Å². The van der Waals surface area contributed by atoms with E-state index in [-0.39, 0.29) is 6.61 Å². The Hall–Kier alpha value is 0.0969. The third-order valence-corrected chi connectivity index (χ3v) is 9.32. The number of aliphatic hydroxyl groups excluding tert-OH is 1. The van der Waals surface area contributed by atoms with E-state index in [9.17, 15) is 0 Å². The molecule has 0 spiro atoms. The van der Waals surface area contributed by atoms with Crippen molar-refractivity contribution in [3.8, 4) is 0 Å². The van der Waals surface area contributed by atoms with Crippen molar-refractivity contribution in [3.05, 3.63) is 0 Å². The average Bonchev–Trinajstić information content (AvgIpc) is 2.30. The second kappa shape index (κ2) is 7.20. The first-order valence-corrected chi connectivity index (χ1v) is 10.7. The summed E-state index contributed by atoms with van der Waals surface area (Å²) in [5.74, 6) is 0.769. The minimum absolute atomic E-state index is 0.240. The molecule has 1 rings (SSSR count). The fourth-order valence-electron chi connectivity index (χ4n) is 2.43.